The van der Waals surface area contributed by atoms with Crippen LogP contribution in [0.5, 0.6) is 0 Å². The highest BCUT2D eigenvalue weighted by Gasteiger charge is 2.12. The lowest BCUT2D eigenvalue weighted by molar-refractivity contribution is 0.848. The Morgan fingerprint density at radius 2 is 2.12 bits per heavy atom. The molecule has 2 heterocycles. The summed E-state index contributed by atoms with van der Waals surface area (Å²) >= 11 is 6.93. The standard InChI is InChI=1S/C9H8ClN3O2S/c1-4-3-16-9(11-4)13-7(14)5(2)6(10)12-8(13)15/h3H,1-2H3,(H,12,15). The van der Waals surface area contributed by atoms with Crippen LogP contribution < -0.4 is 11.2 Å². The number of aryl methyl sites for hydroxylation is 1. The molecule has 2 aromatic rings. The number of rotatable bonds is 1. The molecular formula is C9H8ClN3O2S. The molecule has 2 aromatic heterocycles. The monoisotopic (exact) mass is 257 g/mol. The number of nitrogens with one attached hydrogen (secondary N) is 1. The normalized spacial score (nSPS) is 10.7. The Bertz CT molecular complexity index is 656. The maximum absolute atomic E-state index is 11.8. The van der Waals surface area contributed by atoms with Gasteiger partial charge in [0.15, 0.2) is 0 Å². The van der Waals surface area contributed by atoms with Crippen molar-refractivity contribution < 1.29 is 0 Å². The summed E-state index contributed by atoms with van der Waals surface area (Å²) in [5.41, 5.74) is 0.0473. The second-order valence-electron chi connectivity index (χ2n) is 3.28. The minimum absolute atomic E-state index is 0.0690. The van der Waals surface area contributed by atoms with Crippen molar-refractivity contribution in [3.8, 4) is 5.13 Å². The van der Waals surface area contributed by atoms with Crippen molar-refractivity contribution in [1.82, 2.24) is 14.5 Å². The third-order valence-electron chi connectivity index (χ3n) is 2.07. The van der Waals surface area contributed by atoms with Gasteiger partial charge in [-0.3, -0.25) is 9.78 Å². The van der Waals surface area contributed by atoms with Gasteiger partial charge in [-0.1, -0.05) is 11.6 Å². The molecule has 0 aliphatic rings. The van der Waals surface area contributed by atoms with Crippen molar-refractivity contribution in [2.24, 2.45) is 0 Å². The Hall–Kier alpha value is -1.40. The lowest BCUT2D eigenvalue weighted by atomic mass is 10.4. The molecule has 0 spiro atoms. The van der Waals surface area contributed by atoms with Crippen LogP contribution in [0.4, 0.5) is 0 Å². The number of hydrogen-bond acceptors (Lipinski definition) is 4. The fourth-order valence-corrected chi connectivity index (χ4v) is 2.17. The third kappa shape index (κ3) is 1.70. The summed E-state index contributed by atoms with van der Waals surface area (Å²) < 4.78 is 0.985. The van der Waals surface area contributed by atoms with E-state index >= 15 is 0 Å². The van der Waals surface area contributed by atoms with Crippen LogP contribution in [0.1, 0.15) is 11.3 Å². The van der Waals surface area contributed by atoms with E-state index in [1.165, 1.54) is 11.3 Å². The molecule has 0 saturated carbocycles. The summed E-state index contributed by atoms with van der Waals surface area (Å²) in [6.45, 7) is 3.35. The van der Waals surface area contributed by atoms with Crippen molar-refractivity contribution in [1.29, 1.82) is 0 Å². The minimum atomic E-state index is -0.574. The van der Waals surface area contributed by atoms with Crippen LogP contribution in [0.3, 0.4) is 0 Å². The number of nitrogens with zero attached hydrogens (tertiary/aromatic N) is 2. The molecule has 0 amide bonds. The van der Waals surface area contributed by atoms with Crippen molar-refractivity contribution >= 4 is 22.9 Å². The van der Waals surface area contributed by atoms with E-state index in [9.17, 15) is 9.59 Å². The molecule has 0 atom stereocenters. The maximum Gasteiger partial charge on any atom is 0.336 e. The zero-order valence-corrected chi connectivity index (χ0v) is 10.1. The predicted molar refractivity (Wildman–Crippen MR) is 62.8 cm³/mol. The van der Waals surface area contributed by atoms with Crippen molar-refractivity contribution in [3.63, 3.8) is 0 Å². The second kappa shape index (κ2) is 3.88. The van der Waals surface area contributed by atoms with Gasteiger partial charge in [0.2, 0.25) is 5.13 Å². The Kier molecular flexibility index (Phi) is 2.69. The first-order chi connectivity index (χ1) is 7.50. The summed E-state index contributed by atoms with van der Waals surface area (Å²) in [4.78, 5) is 29.9. The molecule has 0 saturated heterocycles. The third-order valence-corrected chi connectivity index (χ3v) is 3.39. The summed E-state index contributed by atoms with van der Waals surface area (Å²) in [6.07, 6.45) is 0. The van der Waals surface area contributed by atoms with E-state index in [0.29, 0.717) is 10.7 Å². The number of H-pyrrole nitrogens is 1. The Balaban J connectivity index is 2.81. The van der Waals surface area contributed by atoms with Crippen LogP contribution >= 0.6 is 22.9 Å². The highest BCUT2D eigenvalue weighted by molar-refractivity contribution is 7.12. The van der Waals surface area contributed by atoms with Gasteiger partial charge in [-0.25, -0.2) is 14.3 Å². The zero-order valence-electron chi connectivity index (χ0n) is 8.57. The first-order valence-electron chi connectivity index (χ1n) is 4.44. The minimum Gasteiger partial charge on any atom is -0.297 e. The second-order valence-corrected chi connectivity index (χ2v) is 4.50. The molecule has 0 aliphatic carbocycles. The molecule has 0 bridgehead atoms. The average Bonchev–Trinajstić information content (AvgIpc) is 2.61. The van der Waals surface area contributed by atoms with Gasteiger partial charge in [-0.2, -0.15) is 0 Å². The first kappa shape index (κ1) is 11.1. The lowest BCUT2D eigenvalue weighted by Crippen LogP contribution is -2.35. The summed E-state index contributed by atoms with van der Waals surface area (Å²) in [5, 5.41) is 2.19. The Morgan fingerprint density at radius 3 is 2.69 bits per heavy atom. The van der Waals surface area contributed by atoms with Crippen LogP contribution in [0.2, 0.25) is 5.15 Å². The van der Waals surface area contributed by atoms with Gasteiger partial charge in [-0.15, -0.1) is 11.3 Å². The van der Waals surface area contributed by atoms with Crippen LogP contribution in [0.25, 0.3) is 5.13 Å². The van der Waals surface area contributed by atoms with Crippen molar-refractivity contribution in [3.05, 3.63) is 42.6 Å². The van der Waals surface area contributed by atoms with Crippen LogP contribution in [0, 0.1) is 13.8 Å². The highest BCUT2D eigenvalue weighted by Crippen LogP contribution is 2.11. The van der Waals surface area contributed by atoms with E-state index in [4.69, 9.17) is 11.6 Å². The van der Waals surface area contributed by atoms with Gasteiger partial charge in [0.1, 0.15) is 5.15 Å². The topological polar surface area (TPSA) is 67.8 Å². The summed E-state index contributed by atoms with van der Waals surface area (Å²) in [5.74, 6) is 0. The summed E-state index contributed by atoms with van der Waals surface area (Å²) in [6, 6.07) is 0. The van der Waals surface area contributed by atoms with E-state index in [-0.39, 0.29) is 5.15 Å². The van der Waals surface area contributed by atoms with E-state index in [2.05, 4.69) is 9.97 Å². The van der Waals surface area contributed by atoms with E-state index < -0.39 is 11.2 Å². The average molecular weight is 258 g/mol. The highest BCUT2D eigenvalue weighted by atomic mass is 35.5. The van der Waals surface area contributed by atoms with Gasteiger partial charge in [-0.05, 0) is 13.8 Å². The Morgan fingerprint density at radius 1 is 1.44 bits per heavy atom. The number of hydrogen-bond donors (Lipinski definition) is 1. The van der Waals surface area contributed by atoms with Gasteiger partial charge in [0.05, 0.1) is 11.3 Å². The molecule has 0 aliphatic heterocycles. The fraction of sp³-hybridized carbons (Fsp3) is 0.222. The fourth-order valence-electron chi connectivity index (χ4n) is 1.22. The van der Waals surface area contributed by atoms with E-state index in [1.54, 1.807) is 19.2 Å². The van der Waals surface area contributed by atoms with Crippen LogP contribution in [-0.4, -0.2) is 14.5 Å². The van der Waals surface area contributed by atoms with Gasteiger partial charge < -0.3 is 0 Å². The molecule has 16 heavy (non-hydrogen) atoms. The molecule has 0 fully saturated rings. The molecule has 2 rings (SSSR count). The molecule has 0 unspecified atom stereocenters. The van der Waals surface area contributed by atoms with Gasteiger partial charge >= 0.3 is 5.69 Å². The van der Waals surface area contributed by atoms with Crippen LogP contribution in [-0.2, 0) is 0 Å². The number of aromatic nitrogens is 3. The van der Waals surface area contributed by atoms with Crippen LogP contribution in [0.15, 0.2) is 15.0 Å². The van der Waals surface area contributed by atoms with Crippen molar-refractivity contribution in [2.75, 3.05) is 0 Å². The summed E-state index contributed by atoms with van der Waals surface area (Å²) in [7, 11) is 0. The van der Waals surface area contributed by atoms with Crippen molar-refractivity contribution in [2.45, 2.75) is 13.8 Å². The number of thiazole rings is 1. The van der Waals surface area contributed by atoms with Gasteiger partial charge in [0.25, 0.3) is 5.56 Å². The maximum atomic E-state index is 11.8. The predicted octanol–water partition coefficient (Wildman–Crippen LogP) is 1.25. The number of halogens is 1. The quantitative estimate of drug-likeness (QED) is 0.782. The molecule has 0 aromatic carbocycles. The zero-order chi connectivity index (χ0) is 11.9. The SMILES string of the molecule is Cc1csc(-n2c(=O)[nH]c(Cl)c(C)c2=O)n1. The van der Waals surface area contributed by atoms with E-state index in [0.717, 1.165) is 10.3 Å². The number of aromatic amines is 1. The molecule has 84 valence electrons. The Labute approximate surface area is 99.4 Å². The largest absolute Gasteiger partial charge is 0.336 e. The van der Waals surface area contributed by atoms with Gasteiger partial charge in [0, 0.05) is 5.38 Å². The molecular weight excluding hydrogens is 250 g/mol. The lowest BCUT2D eigenvalue weighted by Gasteiger charge is -2.02. The smallest absolute Gasteiger partial charge is 0.297 e. The molecule has 1 N–H and O–H groups in total. The first-order valence-corrected chi connectivity index (χ1v) is 5.70. The molecule has 0 radical (unpaired) electrons. The van der Waals surface area contributed by atoms with E-state index in [1.807, 2.05) is 0 Å². The molecule has 7 heteroatoms. The molecule has 5 nitrogen and oxygen atoms in total.